The van der Waals surface area contributed by atoms with Gasteiger partial charge in [-0.25, -0.2) is 9.78 Å². The van der Waals surface area contributed by atoms with E-state index in [0.29, 0.717) is 29.0 Å². The fourth-order valence-corrected chi connectivity index (χ4v) is 4.39. The lowest BCUT2D eigenvalue weighted by atomic mass is 10.0. The summed E-state index contributed by atoms with van der Waals surface area (Å²) in [5, 5.41) is 4.35. The van der Waals surface area contributed by atoms with Crippen molar-refractivity contribution in [1.29, 1.82) is 0 Å². The molecule has 6 nitrogen and oxygen atoms in total. The number of ether oxygens (including phenoxy) is 2. The van der Waals surface area contributed by atoms with Crippen molar-refractivity contribution in [3.05, 3.63) is 120 Å². The highest BCUT2D eigenvalue weighted by Crippen LogP contribution is 2.26. The van der Waals surface area contributed by atoms with Crippen molar-refractivity contribution in [3.63, 3.8) is 0 Å². The third-order valence-corrected chi connectivity index (χ3v) is 6.19. The molecule has 184 valence electrons. The van der Waals surface area contributed by atoms with Crippen LogP contribution in [0.25, 0.3) is 21.8 Å². The van der Waals surface area contributed by atoms with Crippen molar-refractivity contribution in [1.82, 2.24) is 10.3 Å². The number of esters is 1. The molecule has 0 fully saturated rings. The number of carbonyl (C=O) groups excluding carboxylic acids is 2. The van der Waals surface area contributed by atoms with Crippen LogP contribution in [0.4, 0.5) is 0 Å². The molecule has 37 heavy (non-hydrogen) atoms. The SMILES string of the molecule is COC(=O)[C@H](Cc1cccc(OCc2ccccc2)c1)NC(=O)c1c2ccccc2nc2ccccc12. The number of methoxy groups -OCH3 is 1. The number of nitrogens with one attached hydrogen (secondary N) is 1. The van der Waals surface area contributed by atoms with Gasteiger partial charge in [-0.3, -0.25) is 4.79 Å². The number of amides is 1. The fraction of sp³-hybridized carbons (Fsp3) is 0.129. The van der Waals surface area contributed by atoms with Crippen LogP contribution in [0.15, 0.2) is 103 Å². The van der Waals surface area contributed by atoms with Gasteiger partial charge in [0.1, 0.15) is 18.4 Å². The van der Waals surface area contributed by atoms with E-state index >= 15 is 0 Å². The smallest absolute Gasteiger partial charge is 0.328 e. The van der Waals surface area contributed by atoms with Crippen LogP contribution in [0.2, 0.25) is 0 Å². The molecule has 1 N–H and O–H groups in total. The molecule has 0 aliphatic carbocycles. The lowest BCUT2D eigenvalue weighted by molar-refractivity contribution is -0.142. The molecular weight excluding hydrogens is 464 g/mol. The first-order valence-corrected chi connectivity index (χ1v) is 12.0. The molecule has 1 amide bonds. The third kappa shape index (κ3) is 5.43. The highest BCUT2D eigenvalue weighted by atomic mass is 16.5. The second kappa shape index (κ2) is 10.9. The van der Waals surface area contributed by atoms with Crippen LogP contribution in [0.3, 0.4) is 0 Å². The topological polar surface area (TPSA) is 77.5 Å². The molecule has 0 radical (unpaired) electrons. The maximum atomic E-state index is 13.6. The van der Waals surface area contributed by atoms with Gasteiger partial charge in [0, 0.05) is 17.2 Å². The molecule has 5 rings (SSSR count). The zero-order valence-corrected chi connectivity index (χ0v) is 20.4. The van der Waals surface area contributed by atoms with E-state index in [1.807, 2.05) is 103 Å². The lowest BCUT2D eigenvalue weighted by Gasteiger charge is -2.18. The molecule has 4 aromatic carbocycles. The number of fused-ring (bicyclic) bond motifs is 2. The number of para-hydroxylation sites is 2. The van der Waals surface area contributed by atoms with Crippen LogP contribution in [0, 0.1) is 0 Å². The number of rotatable bonds is 8. The minimum atomic E-state index is -0.882. The van der Waals surface area contributed by atoms with E-state index in [-0.39, 0.29) is 12.3 Å². The summed E-state index contributed by atoms with van der Waals surface area (Å²) in [6.07, 6.45) is 0.252. The Morgan fingerprint density at radius 2 is 1.41 bits per heavy atom. The molecule has 0 saturated heterocycles. The number of pyridine rings is 1. The van der Waals surface area contributed by atoms with Gasteiger partial charge in [0.15, 0.2) is 0 Å². The summed E-state index contributed by atoms with van der Waals surface area (Å²) < 4.78 is 11.0. The van der Waals surface area contributed by atoms with Crippen molar-refractivity contribution in [2.45, 2.75) is 19.1 Å². The molecule has 0 spiro atoms. The van der Waals surface area contributed by atoms with Gasteiger partial charge in [0.25, 0.3) is 5.91 Å². The van der Waals surface area contributed by atoms with Crippen LogP contribution >= 0.6 is 0 Å². The quantitative estimate of drug-likeness (QED) is 0.230. The predicted molar refractivity (Wildman–Crippen MR) is 143 cm³/mol. The van der Waals surface area contributed by atoms with Gasteiger partial charge in [-0.1, -0.05) is 78.9 Å². The zero-order chi connectivity index (χ0) is 25.6. The number of nitrogens with zero attached hydrogens (tertiary/aromatic N) is 1. The molecule has 1 aromatic heterocycles. The molecule has 1 atom stereocenters. The van der Waals surface area contributed by atoms with Gasteiger partial charge in [0.2, 0.25) is 0 Å². The van der Waals surface area contributed by atoms with Crippen molar-refractivity contribution in [2.24, 2.45) is 0 Å². The summed E-state index contributed by atoms with van der Waals surface area (Å²) >= 11 is 0. The van der Waals surface area contributed by atoms with E-state index in [9.17, 15) is 9.59 Å². The molecule has 1 heterocycles. The van der Waals surface area contributed by atoms with Crippen LogP contribution in [0.1, 0.15) is 21.5 Å². The Labute approximate surface area is 214 Å². The second-order valence-electron chi connectivity index (χ2n) is 8.70. The predicted octanol–water partition coefficient (Wildman–Crippen LogP) is 5.48. The zero-order valence-electron chi connectivity index (χ0n) is 20.4. The average molecular weight is 491 g/mol. The van der Waals surface area contributed by atoms with Gasteiger partial charge in [-0.15, -0.1) is 0 Å². The van der Waals surface area contributed by atoms with Gasteiger partial charge in [-0.05, 0) is 35.4 Å². The molecule has 0 aliphatic rings. The number of carbonyl (C=O) groups is 2. The maximum Gasteiger partial charge on any atom is 0.328 e. The van der Waals surface area contributed by atoms with E-state index < -0.39 is 12.0 Å². The second-order valence-corrected chi connectivity index (χ2v) is 8.70. The Balaban J connectivity index is 1.40. The highest BCUT2D eigenvalue weighted by molar-refractivity contribution is 6.16. The van der Waals surface area contributed by atoms with Crippen LogP contribution in [0.5, 0.6) is 5.75 Å². The highest BCUT2D eigenvalue weighted by Gasteiger charge is 2.25. The average Bonchev–Trinajstić information content (AvgIpc) is 2.94. The standard InChI is InChI=1S/C31H26N2O4/c1-36-31(35)28(19-22-12-9-13-23(18-22)37-20-21-10-3-2-4-11-21)33-30(34)29-24-14-5-7-16-26(24)32-27-17-8-6-15-25(27)29/h2-18,28H,19-20H2,1H3,(H,33,34)/t28-/m0/s1. The van der Waals surface area contributed by atoms with E-state index in [0.717, 1.165) is 21.9 Å². The van der Waals surface area contributed by atoms with Crippen LogP contribution in [-0.2, 0) is 22.6 Å². The summed E-state index contributed by atoms with van der Waals surface area (Å²) in [4.78, 5) is 31.1. The Hall–Kier alpha value is -4.71. The number of benzene rings is 4. The molecule has 6 heteroatoms. The first-order chi connectivity index (χ1) is 18.1. The first-order valence-electron chi connectivity index (χ1n) is 12.0. The van der Waals surface area contributed by atoms with Gasteiger partial charge in [0.05, 0.1) is 23.7 Å². The van der Waals surface area contributed by atoms with Gasteiger partial charge in [-0.2, -0.15) is 0 Å². The monoisotopic (exact) mass is 490 g/mol. The van der Waals surface area contributed by atoms with Crippen molar-refractivity contribution >= 4 is 33.7 Å². The van der Waals surface area contributed by atoms with Crippen molar-refractivity contribution in [3.8, 4) is 5.75 Å². The molecule has 0 bridgehead atoms. The largest absolute Gasteiger partial charge is 0.489 e. The van der Waals surface area contributed by atoms with E-state index in [1.165, 1.54) is 7.11 Å². The Kier molecular flexibility index (Phi) is 7.08. The minimum absolute atomic E-state index is 0.252. The summed E-state index contributed by atoms with van der Waals surface area (Å²) in [7, 11) is 1.32. The van der Waals surface area contributed by atoms with Gasteiger partial charge < -0.3 is 14.8 Å². The number of hydrogen-bond donors (Lipinski definition) is 1. The summed E-state index contributed by atoms with van der Waals surface area (Å²) in [6, 6.07) is 31.5. The normalized spacial score (nSPS) is 11.7. The molecule has 0 saturated carbocycles. The Bertz CT molecular complexity index is 1510. The van der Waals surface area contributed by atoms with E-state index in [4.69, 9.17) is 9.47 Å². The first kappa shape index (κ1) is 24.0. The van der Waals surface area contributed by atoms with Gasteiger partial charge >= 0.3 is 5.97 Å². The van der Waals surface area contributed by atoms with E-state index in [2.05, 4.69) is 10.3 Å². The molecule has 0 unspecified atom stereocenters. The summed E-state index contributed by atoms with van der Waals surface area (Å²) in [5.41, 5.74) is 3.80. The van der Waals surface area contributed by atoms with Crippen LogP contribution < -0.4 is 10.1 Å². The van der Waals surface area contributed by atoms with Crippen molar-refractivity contribution < 1.29 is 19.1 Å². The minimum Gasteiger partial charge on any atom is -0.489 e. The Morgan fingerprint density at radius 1 is 0.784 bits per heavy atom. The number of hydrogen-bond acceptors (Lipinski definition) is 5. The fourth-order valence-electron chi connectivity index (χ4n) is 4.39. The van der Waals surface area contributed by atoms with E-state index in [1.54, 1.807) is 0 Å². The Morgan fingerprint density at radius 3 is 2.08 bits per heavy atom. The lowest BCUT2D eigenvalue weighted by Crippen LogP contribution is -2.43. The summed E-state index contributed by atoms with van der Waals surface area (Å²) in [5.74, 6) is -0.198. The van der Waals surface area contributed by atoms with Crippen LogP contribution in [-0.4, -0.2) is 30.0 Å². The molecule has 5 aromatic rings. The number of aromatic nitrogens is 1. The molecule has 0 aliphatic heterocycles. The third-order valence-electron chi connectivity index (χ3n) is 6.19. The molecular formula is C31H26N2O4. The van der Waals surface area contributed by atoms with Crippen molar-refractivity contribution in [2.75, 3.05) is 7.11 Å². The summed E-state index contributed by atoms with van der Waals surface area (Å²) in [6.45, 7) is 0.434. The maximum absolute atomic E-state index is 13.6.